The van der Waals surface area contributed by atoms with E-state index in [4.69, 9.17) is 6.42 Å². The van der Waals surface area contributed by atoms with Crippen LogP contribution in [0.1, 0.15) is 12.6 Å². The van der Waals surface area contributed by atoms with Gasteiger partial charge in [-0.15, -0.1) is 6.42 Å². The SMILES string of the molecule is C#CC(C)N(C)Cc1cnon1. The Morgan fingerprint density at radius 2 is 2.58 bits per heavy atom. The predicted molar refractivity (Wildman–Crippen MR) is 44.1 cm³/mol. The second-order valence-electron chi connectivity index (χ2n) is 2.66. The number of hydrogen-bond donors (Lipinski definition) is 0. The van der Waals surface area contributed by atoms with E-state index in [-0.39, 0.29) is 6.04 Å². The molecular weight excluding hydrogens is 154 g/mol. The third-order valence-corrected chi connectivity index (χ3v) is 1.72. The highest BCUT2D eigenvalue weighted by atomic mass is 16.6. The smallest absolute Gasteiger partial charge is 0.119 e. The first-order chi connectivity index (χ1) is 5.74. The summed E-state index contributed by atoms with van der Waals surface area (Å²) in [7, 11) is 1.93. The van der Waals surface area contributed by atoms with Crippen molar-refractivity contribution in [3.05, 3.63) is 11.9 Å². The summed E-state index contributed by atoms with van der Waals surface area (Å²) in [5.41, 5.74) is 0.791. The molecule has 0 N–H and O–H groups in total. The highest BCUT2D eigenvalue weighted by molar-refractivity contribution is 4.98. The van der Waals surface area contributed by atoms with Crippen molar-refractivity contribution in [2.75, 3.05) is 7.05 Å². The molecular formula is C8H11N3O. The minimum Gasteiger partial charge on any atom is -0.287 e. The van der Waals surface area contributed by atoms with Gasteiger partial charge in [0.1, 0.15) is 5.69 Å². The lowest BCUT2D eigenvalue weighted by Crippen LogP contribution is -2.27. The fourth-order valence-corrected chi connectivity index (χ4v) is 0.773. The maximum absolute atomic E-state index is 5.25. The van der Waals surface area contributed by atoms with Gasteiger partial charge in [0.15, 0.2) is 0 Å². The average molecular weight is 165 g/mol. The van der Waals surface area contributed by atoms with Gasteiger partial charge < -0.3 is 0 Å². The number of aromatic nitrogens is 2. The standard InChI is InChI=1S/C8H11N3O/c1-4-7(2)11(3)6-8-5-9-12-10-8/h1,5,7H,6H2,2-3H3. The molecule has 1 aromatic rings. The molecule has 0 amide bonds. The Kier molecular flexibility index (Phi) is 2.83. The first-order valence-corrected chi connectivity index (χ1v) is 3.67. The summed E-state index contributed by atoms with van der Waals surface area (Å²) in [5.74, 6) is 2.62. The fourth-order valence-electron chi connectivity index (χ4n) is 0.773. The van der Waals surface area contributed by atoms with Crippen molar-refractivity contribution in [1.29, 1.82) is 0 Å². The summed E-state index contributed by atoms with van der Waals surface area (Å²) < 4.78 is 4.45. The van der Waals surface area contributed by atoms with E-state index < -0.39 is 0 Å². The summed E-state index contributed by atoms with van der Waals surface area (Å²) >= 11 is 0. The zero-order chi connectivity index (χ0) is 8.97. The van der Waals surface area contributed by atoms with Crippen molar-refractivity contribution < 1.29 is 4.63 Å². The molecule has 0 aliphatic rings. The maximum atomic E-state index is 5.25. The largest absolute Gasteiger partial charge is 0.287 e. The van der Waals surface area contributed by atoms with Crippen LogP contribution in [0.15, 0.2) is 10.8 Å². The van der Waals surface area contributed by atoms with E-state index in [9.17, 15) is 0 Å². The third-order valence-electron chi connectivity index (χ3n) is 1.72. The van der Waals surface area contributed by atoms with Gasteiger partial charge in [0.2, 0.25) is 0 Å². The molecule has 0 bridgehead atoms. The summed E-state index contributed by atoms with van der Waals surface area (Å²) in [6.07, 6.45) is 6.83. The molecule has 64 valence electrons. The maximum Gasteiger partial charge on any atom is 0.119 e. The zero-order valence-corrected chi connectivity index (χ0v) is 7.19. The summed E-state index contributed by atoms with van der Waals surface area (Å²) in [5, 5.41) is 7.17. The van der Waals surface area contributed by atoms with E-state index in [0.29, 0.717) is 6.54 Å². The fraction of sp³-hybridized carbons (Fsp3) is 0.500. The second kappa shape index (κ2) is 3.88. The highest BCUT2D eigenvalue weighted by Crippen LogP contribution is 2.00. The Labute approximate surface area is 71.5 Å². The molecule has 0 aliphatic carbocycles. The van der Waals surface area contributed by atoms with Crippen LogP contribution in [0, 0.1) is 12.3 Å². The lowest BCUT2D eigenvalue weighted by Gasteiger charge is -2.17. The zero-order valence-electron chi connectivity index (χ0n) is 7.19. The number of nitrogens with zero attached hydrogens (tertiary/aromatic N) is 3. The Hall–Kier alpha value is -1.34. The molecule has 12 heavy (non-hydrogen) atoms. The van der Waals surface area contributed by atoms with Gasteiger partial charge >= 0.3 is 0 Å². The molecule has 4 nitrogen and oxygen atoms in total. The Balaban J connectivity index is 2.48. The first-order valence-electron chi connectivity index (χ1n) is 3.67. The topological polar surface area (TPSA) is 42.2 Å². The van der Waals surface area contributed by atoms with Crippen LogP contribution in [-0.4, -0.2) is 28.3 Å². The highest BCUT2D eigenvalue weighted by Gasteiger charge is 2.07. The molecule has 1 aromatic heterocycles. The van der Waals surface area contributed by atoms with E-state index in [1.165, 1.54) is 0 Å². The molecule has 4 heteroatoms. The molecule has 0 saturated carbocycles. The van der Waals surface area contributed by atoms with E-state index in [1.807, 2.05) is 18.9 Å². The quantitative estimate of drug-likeness (QED) is 0.612. The number of rotatable bonds is 3. The Morgan fingerprint density at radius 1 is 1.83 bits per heavy atom. The summed E-state index contributed by atoms with van der Waals surface area (Å²) in [6.45, 7) is 2.61. The van der Waals surface area contributed by atoms with Crippen LogP contribution in [0.3, 0.4) is 0 Å². The molecule has 1 unspecified atom stereocenters. The lowest BCUT2D eigenvalue weighted by molar-refractivity contribution is 0.269. The van der Waals surface area contributed by atoms with Crippen molar-refractivity contribution >= 4 is 0 Å². The molecule has 1 atom stereocenters. The van der Waals surface area contributed by atoms with Crippen molar-refractivity contribution in [2.45, 2.75) is 19.5 Å². The summed E-state index contributed by atoms with van der Waals surface area (Å²) in [4.78, 5) is 1.99. The molecule has 0 fully saturated rings. The number of hydrogen-bond acceptors (Lipinski definition) is 4. The van der Waals surface area contributed by atoms with E-state index in [1.54, 1.807) is 6.20 Å². The molecule has 0 aromatic carbocycles. The van der Waals surface area contributed by atoms with Crippen molar-refractivity contribution in [3.8, 4) is 12.3 Å². The minimum atomic E-state index is 0.0988. The van der Waals surface area contributed by atoms with Gasteiger partial charge in [0, 0.05) is 6.54 Å². The monoisotopic (exact) mass is 165 g/mol. The molecule has 0 aliphatic heterocycles. The molecule has 0 saturated heterocycles. The van der Waals surface area contributed by atoms with Gasteiger partial charge in [-0.05, 0) is 14.0 Å². The minimum absolute atomic E-state index is 0.0988. The third kappa shape index (κ3) is 2.07. The van der Waals surface area contributed by atoms with Crippen LogP contribution >= 0.6 is 0 Å². The van der Waals surface area contributed by atoms with Gasteiger partial charge in [0.05, 0.1) is 12.2 Å². The van der Waals surface area contributed by atoms with Crippen LogP contribution in [0.4, 0.5) is 0 Å². The summed E-state index contributed by atoms with van der Waals surface area (Å²) in [6, 6.07) is 0.0988. The molecule has 0 radical (unpaired) electrons. The van der Waals surface area contributed by atoms with E-state index >= 15 is 0 Å². The van der Waals surface area contributed by atoms with Crippen LogP contribution < -0.4 is 0 Å². The van der Waals surface area contributed by atoms with Gasteiger partial charge in [-0.3, -0.25) is 4.90 Å². The normalized spacial score (nSPS) is 12.8. The van der Waals surface area contributed by atoms with E-state index in [2.05, 4.69) is 20.9 Å². The molecule has 1 rings (SSSR count). The van der Waals surface area contributed by atoms with Crippen LogP contribution in [0.25, 0.3) is 0 Å². The van der Waals surface area contributed by atoms with Crippen molar-refractivity contribution in [1.82, 2.24) is 15.2 Å². The first kappa shape index (κ1) is 8.75. The number of terminal acetylenes is 1. The van der Waals surface area contributed by atoms with Gasteiger partial charge in [0.25, 0.3) is 0 Å². The van der Waals surface area contributed by atoms with Gasteiger partial charge in [-0.2, -0.15) is 0 Å². The van der Waals surface area contributed by atoms with Crippen molar-refractivity contribution in [2.24, 2.45) is 0 Å². The van der Waals surface area contributed by atoms with Crippen LogP contribution in [0.2, 0.25) is 0 Å². The van der Waals surface area contributed by atoms with Gasteiger partial charge in [-0.1, -0.05) is 16.2 Å². The Morgan fingerprint density at radius 3 is 3.08 bits per heavy atom. The molecule has 1 heterocycles. The van der Waals surface area contributed by atoms with Gasteiger partial charge in [-0.25, -0.2) is 4.63 Å². The lowest BCUT2D eigenvalue weighted by atomic mass is 10.3. The van der Waals surface area contributed by atoms with Crippen molar-refractivity contribution in [3.63, 3.8) is 0 Å². The van der Waals surface area contributed by atoms with Crippen LogP contribution in [0.5, 0.6) is 0 Å². The van der Waals surface area contributed by atoms with E-state index in [0.717, 1.165) is 5.69 Å². The van der Waals surface area contributed by atoms with Crippen LogP contribution in [-0.2, 0) is 6.54 Å². The Bertz CT molecular complexity index is 262. The average Bonchev–Trinajstić information content (AvgIpc) is 2.55. The predicted octanol–water partition coefficient (Wildman–Crippen LogP) is 0.523. The molecule has 0 spiro atoms. The second-order valence-corrected chi connectivity index (χ2v) is 2.66.